The van der Waals surface area contributed by atoms with Gasteiger partial charge in [-0.15, -0.1) is 0 Å². The Morgan fingerprint density at radius 3 is 2.52 bits per heavy atom. The van der Waals surface area contributed by atoms with Crippen LogP contribution in [-0.2, 0) is 14.3 Å². The zero-order chi connectivity index (χ0) is 34.4. The van der Waals surface area contributed by atoms with E-state index < -0.39 is 17.7 Å². The molecule has 0 radical (unpaired) electrons. The lowest BCUT2D eigenvalue weighted by atomic mass is 9.92. The van der Waals surface area contributed by atoms with Crippen LogP contribution in [-0.4, -0.2) is 57.5 Å². The Hall–Kier alpha value is -3.59. The van der Waals surface area contributed by atoms with Crippen LogP contribution in [0.2, 0.25) is 5.15 Å². The topological polar surface area (TPSA) is 85.5 Å². The van der Waals surface area contributed by atoms with Gasteiger partial charge in [0, 0.05) is 36.4 Å². The van der Waals surface area contributed by atoms with E-state index in [2.05, 4.69) is 56.0 Å². The first kappa shape index (κ1) is 34.3. The molecule has 5 heterocycles. The average Bonchev–Trinajstić information content (AvgIpc) is 3.35. The predicted molar refractivity (Wildman–Crippen MR) is 192 cm³/mol. The maximum Gasteiger partial charge on any atom is 0.337 e. The van der Waals surface area contributed by atoms with Gasteiger partial charge in [-0.05, 0) is 116 Å². The van der Waals surface area contributed by atoms with E-state index in [0.717, 1.165) is 65.7 Å². The van der Waals surface area contributed by atoms with E-state index in [1.807, 2.05) is 50.3 Å². The summed E-state index contributed by atoms with van der Waals surface area (Å²) >= 11 is 7.35. The van der Waals surface area contributed by atoms with E-state index in [0.29, 0.717) is 47.6 Å². The molecule has 2 atom stereocenters. The average molecular weight is 674 g/mol. The molecule has 1 N–H and O–H groups in total. The van der Waals surface area contributed by atoms with Gasteiger partial charge in [-0.3, -0.25) is 4.40 Å². The van der Waals surface area contributed by atoms with Crippen LogP contribution in [0.25, 0.3) is 28.0 Å². The van der Waals surface area contributed by atoms with Gasteiger partial charge in [0.05, 0.1) is 17.3 Å². The molecule has 9 heteroatoms. The summed E-state index contributed by atoms with van der Waals surface area (Å²) in [5, 5.41) is 11.0. The summed E-state index contributed by atoms with van der Waals surface area (Å²) in [6.45, 7) is 16.0. The van der Waals surface area contributed by atoms with Crippen molar-refractivity contribution < 1.29 is 24.1 Å². The van der Waals surface area contributed by atoms with Crippen molar-refractivity contribution in [2.24, 2.45) is 0 Å². The number of pyridine rings is 1. The molecule has 48 heavy (non-hydrogen) atoms. The summed E-state index contributed by atoms with van der Waals surface area (Å²) in [6.07, 6.45) is 3.32. The molecule has 256 valence electrons. The first-order valence-electron chi connectivity index (χ1n) is 17.1. The maximum absolute atomic E-state index is 12.9. The number of aryl methyl sites for hydroxylation is 2. The first-order valence-corrected chi connectivity index (χ1v) is 17.5. The zero-order valence-corrected chi connectivity index (χ0v) is 30.0. The molecule has 0 saturated carbocycles. The summed E-state index contributed by atoms with van der Waals surface area (Å²) in [6, 6.07) is 16.4. The predicted octanol–water partition coefficient (Wildman–Crippen LogP) is 9.21. The lowest BCUT2D eigenvalue weighted by molar-refractivity contribution is -0.160. The second-order valence-electron chi connectivity index (χ2n) is 14.7. The summed E-state index contributed by atoms with van der Waals surface area (Å²) in [4.78, 5) is 20.2. The smallest absolute Gasteiger partial charge is 0.337 e. The fraction of sp³-hybridized carbons (Fsp3) is 0.487. The summed E-state index contributed by atoms with van der Waals surface area (Å²) < 4.78 is 21.2. The number of imidazole rings is 1. The fourth-order valence-corrected chi connectivity index (χ4v) is 7.28. The molecule has 8 nitrogen and oxygen atoms in total. The Labute approximate surface area is 289 Å². The van der Waals surface area contributed by atoms with Gasteiger partial charge in [-0.1, -0.05) is 41.4 Å². The van der Waals surface area contributed by atoms with Crippen molar-refractivity contribution in [2.75, 3.05) is 24.6 Å². The number of benzene rings is 2. The Kier molecular flexibility index (Phi) is 9.55. The Balaban J connectivity index is 1.57. The minimum atomic E-state index is -1.20. The summed E-state index contributed by atoms with van der Waals surface area (Å²) in [5.74, 6) is 0.506. The van der Waals surface area contributed by atoms with E-state index in [9.17, 15) is 9.90 Å². The number of hydrogen-bond donors (Lipinski definition) is 1. The Morgan fingerprint density at radius 1 is 1.08 bits per heavy atom. The quantitative estimate of drug-likeness (QED) is 0.232. The molecule has 6 bridgehead atoms. The van der Waals surface area contributed by atoms with Crippen molar-refractivity contribution in [2.45, 2.75) is 104 Å². The summed E-state index contributed by atoms with van der Waals surface area (Å²) in [5.41, 5.74) is 5.71. The van der Waals surface area contributed by atoms with Crippen LogP contribution < -0.4 is 9.64 Å². The van der Waals surface area contributed by atoms with Crippen LogP contribution in [0.15, 0.2) is 48.5 Å². The minimum Gasteiger partial charge on any atom is -0.490 e. The van der Waals surface area contributed by atoms with Crippen molar-refractivity contribution in [1.29, 1.82) is 0 Å². The van der Waals surface area contributed by atoms with Crippen molar-refractivity contribution in [3.63, 3.8) is 0 Å². The number of aliphatic carboxylic acids is 1. The molecule has 1 saturated heterocycles. The SMILES string of the molecule is Cc1ccc2c(c1)-c1cccc(c1)-c1nc3cc(C)c([C@H](OC(C)(C)C)C(=O)O)c(n3c1Cl)N1CCC(C)(CC1)OCCCC[C@H](C)O2. The van der Waals surface area contributed by atoms with Gasteiger partial charge in [0.1, 0.15) is 28.1 Å². The molecule has 0 unspecified atom stereocenters. The third-order valence-electron chi connectivity index (χ3n) is 9.51. The highest BCUT2D eigenvalue weighted by molar-refractivity contribution is 6.32. The molecule has 7 rings (SSSR count). The van der Waals surface area contributed by atoms with Gasteiger partial charge >= 0.3 is 5.97 Å². The molecular formula is C39H48ClN3O5. The maximum atomic E-state index is 12.9. The van der Waals surface area contributed by atoms with Crippen LogP contribution >= 0.6 is 11.6 Å². The van der Waals surface area contributed by atoms with Gasteiger partial charge in [-0.2, -0.15) is 0 Å². The summed E-state index contributed by atoms with van der Waals surface area (Å²) in [7, 11) is 0. The number of carboxylic acids is 1. The number of aromatic nitrogens is 2. The van der Waals surface area contributed by atoms with Crippen molar-refractivity contribution >= 4 is 29.0 Å². The Bertz CT molecular complexity index is 1820. The van der Waals surface area contributed by atoms with Crippen LogP contribution in [0.3, 0.4) is 0 Å². The molecular weight excluding hydrogens is 626 g/mol. The van der Waals surface area contributed by atoms with Gasteiger partial charge in [0.25, 0.3) is 0 Å². The molecule has 4 aromatic rings. The minimum absolute atomic E-state index is 0.0553. The lowest BCUT2D eigenvalue weighted by Gasteiger charge is -2.42. The molecule has 2 aromatic heterocycles. The number of ether oxygens (including phenoxy) is 3. The largest absolute Gasteiger partial charge is 0.490 e. The van der Waals surface area contributed by atoms with Crippen LogP contribution in [0.5, 0.6) is 5.75 Å². The normalized spacial score (nSPS) is 21.2. The molecule has 3 aliphatic heterocycles. The van der Waals surface area contributed by atoms with Crippen LogP contribution in [0.1, 0.15) is 89.5 Å². The standard InChI is InChI=1S/C39H48ClN3O5/c1-24-14-15-30-29(21-24)27-12-10-13-28(23-27)33-35(40)43-31(41-33)22-25(2)32(34(37(44)45)48-38(4,5)6)36(43)42-18-16-39(7,17-19-42)46-20-9-8-11-26(3)47-30/h10,12-15,21-23,26,34H,8-9,11,16-20H2,1-7H3,(H,44,45)/t26-,34-/m0/s1. The number of halogens is 1. The van der Waals surface area contributed by atoms with E-state index in [1.165, 1.54) is 0 Å². The number of rotatable bonds is 3. The molecule has 1 fully saturated rings. The van der Waals surface area contributed by atoms with Crippen LogP contribution in [0, 0.1) is 13.8 Å². The fourth-order valence-electron chi connectivity index (χ4n) is 6.96. The number of fused-ring (bicyclic) bond motifs is 8. The zero-order valence-electron chi connectivity index (χ0n) is 29.2. The van der Waals surface area contributed by atoms with E-state index in [1.54, 1.807) is 0 Å². The molecule has 2 aromatic carbocycles. The van der Waals surface area contributed by atoms with E-state index >= 15 is 0 Å². The van der Waals surface area contributed by atoms with Gasteiger partial charge < -0.3 is 24.2 Å². The first-order chi connectivity index (χ1) is 22.7. The number of hydrogen-bond acceptors (Lipinski definition) is 6. The van der Waals surface area contributed by atoms with E-state index in [4.69, 9.17) is 30.8 Å². The number of carbonyl (C=O) groups is 1. The molecule has 0 aliphatic carbocycles. The van der Waals surface area contributed by atoms with Crippen LogP contribution in [0.4, 0.5) is 5.82 Å². The highest BCUT2D eigenvalue weighted by Crippen LogP contribution is 2.43. The Morgan fingerprint density at radius 2 is 1.81 bits per heavy atom. The third-order valence-corrected chi connectivity index (χ3v) is 9.86. The highest BCUT2D eigenvalue weighted by Gasteiger charge is 2.38. The second-order valence-corrected chi connectivity index (χ2v) is 15.1. The monoisotopic (exact) mass is 673 g/mol. The highest BCUT2D eigenvalue weighted by atomic mass is 35.5. The van der Waals surface area contributed by atoms with Crippen molar-refractivity contribution in [1.82, 2.24) is 9.38 Å². The number of piperidine rings is 1. The van der Waals surface area contributed by atoms with Crippen molar-refractivity contribution in [3.05, 3.63) is 70.4 Å². The van der Waals surface area contributed by atoms with Gasteiger partial charge in [0.2, 0.25) is 0 Å². The van der Waals surface area contributed by atoms with Gasteiger partial charge in [0.15, 0.2) is 6.10 Å². The van der Waals surface area contributed by atoms with Crippen molar-refractivity contribution in [3.8, 4) is 28.1 Å². The number of anilines is 1. The molecule has 0 spiro atoms. The second kappa shape index (κ2) is 13.4. The lowest BCUT2D eigenvalue weighted by Crippen LogP contribution is -2.45. The number of nitrogens with zero attached hydrogens (tertiary/aromatic N) is 3. The molecule has 0 amide bonds. The number of carboxylic acid groups (broad SMARTS) is 1. The van der Waals surface area contributed by atoms with E-state index in [-0.39, 0.29) is 11.7 Å². The third kappa shape index (κ3) is 7.07. The molecule has 3 aliphatic rings. The van der Waals surface area contributed by atoms with Gasteiger partial charge in [-0.25, -0.2) is 9.78 Å².